The first-order valence-electron chi connectivity index (χ1n) is 11.8. The van der Waals surface area contributed by atoms with Gasteiger partial charge >= 0.3 is 12.8 Å². The second kappa shape index (κ2) is 10.3. The zero-order valence-corrected chi connectivity index (χ0v) is 20.1. The minimum atomic E-state index is -5.03. The largest absolute Gasteiger partial charge is 0.435 e. The minimum Gasteiger partial charge on any atom is -0.435 e. The lowest BCUT2D eigenvalue weighted by Gasteiger charge is -2.50. The van der Waals surface area contributed by atoms with Crippen LogP contribution in [0.3, 0.4) is 0 Å². The van der Waals surface area contributed by atoms with Crippen molar-refractivity contribution >= 4 is 11.8 Å². The third kappa shape index (κ3) is 4.88. The quantitative estimate of drug-likeness (QED) is 0.559. The summed E-state index contributed by atoms with van der Waals surface area (Å²) in [4.78, 5) is 27.0. The molecule has 2 aliphatic heterocycles. The van der Waals surface area contributed by atoms with Crippen molar-refractivity contribution in [3.8, 4) is 5.75 Å². The molecule has 6 nitrogen and oxygen atoms in total. The number of methoxy groups -OCH3 is 1. The highest BCUT2D eigenvalue weighted by atomic mass is 19.4. The molecule has 2 saturated heterocycles. The van der Waals surface area contributed by atoms with Crippen LogP contribution in [0.5, 0.6) is 5.75 Å². The molecule has 2 atom stereocenters. The third-order valence-corrected chi connectivity index (χ3v) is 7.50. The van der Waals surface area contributed by atoms with E-state index in [9.17, 15) is 31.5 Å². The minimum absolute atomic E-state index is 0.0175. The van der Waals surface area contributed by atoms with Gasteiger partial charge in [0.1, 0.15) is 5.75 Å². The summed E-state index contributed by atoms with van der Waals surface area (Å²) in [6, 6.07) is 13.0. The fourth-order valence-electron chi connectivity index (χ4n) is 5.65. The molecule has 0 saturated carbocycles. The molecular weight excluding hydrogens is 499 g/mol. The van der Waals surface area contributed by atoms with Gasteiger partial charge in [0.25, 0.3) is 11.5 Å². The van der Waals surface area contributed by atoms with E-state index in [1.54, 1.807) is 24.3 Å². The second-order valence-corrected chi connectivity index (χ2v) is 9.35. The molecule has 2 amide bonds. The average Bonchev–Trinajstić information content (AvgIpc) is 2.85. The number of ether oxygens (including phenoxy) is 2. The molecule has 200 valence electrons. The molecule has 2 fully saturated rings. The molecule has 0 aromatic heterocycles. The van der Waals surface area contributed by atoms with Crippen molar-refractivity contribution in [2.75, 3.05) is 26.7 Å². The molecule has 0 bridgehead atoms. The van der Waals surface area contributed by atoms with Crippen molar-refractivity contribution in [3.63, 3.8) is 0 Å². The summed E-state index contributed by atoms with van der Waals surface area (Å²) in [5.74, 6) is -1.92. The van der Waals surface area contributed by atoms with Gasteiger partial charge in [-0.2, -0.15) is 22.0 Å². The molecule has 11 heteroatoms. The first-order valence-corrected chi connectivity index (χ1v) is 11.8. The van der Waals surface area contributed by atoms with Crippen LogP contribution in [0, 0.1) is 5.41 Å². The maximum Gasteiger partial charge on any atom is 0.430 e. The average molecular weight is 527 g/mol. The molecule has 0 radical (unpaired) electrons. The molecule has 2 aliphatic rings. The standard InChI is InChI=1S/C26H27F5N2O4/c1-36-25(26(29,30)31,17-7-3-2-4-8-17)22(35)33-13-11-24(12-14-33)15-21(34)32-16-19(24)18-9-5-6-10-20(18)37-23(27)28/h2-10,19,23H,11-16H2,1H3,(H,32,34)/t19-,25-/m1/s1. The van der Waals surface area contributed by atoms with E-state index in [-0.39, 0.29) is 56.1 Å². The Hall–Kier alpha value is -3.21. The smallest absolute Gasteiger partial charge is 0.430 e. The van der Waals surface area contributed by atoms with Crippen LogP contribution in [0.25, 0.3) is 0 Å². The van der Waals surface area contributed by atoms with Gasteiger partial charge in [0, 0.05) is 44.6 Å². The van der Waals surface area contributed by atoms with Crippen LogP contribution in [-0.2, 0) is 19.9 Å². The van der Waals surface area contributed by atoms with Gasteiger partial charge in [0.15, 0.2) is 0 Å². The van der Waals surface area contributed by atoms with Gasteiger partial charge in [-0.1, -0.05) is 48.5 Å². The number of carbonyl (C=O) groups is 2. The first-order chi connectivity index (χ1) is 17.5. The number of benzene rings is 2. The number of halogens is 5. The zero-order valence-electron chi connectivity index (χ0n) is 20.1. The number of piperidine rings is 2. The fraction of sp³-hybridized carbons (Fsp3) is 0.462. The number of nitrogens with one attached hydrogen (secondary N) is 1. The molecule has 2 heterocycles. The summed E-state index contributed by atoms with van der Waals surface area (Å²) < 4.78 is 78.9. The summed E-state index contributed by atoms with van der Waals surface area (Å²) in [5, 5.41) is 2.76. The van der Waals surface area contributed by atoms with Crippen molar-refractivity contribution in [1.29, 1.82) is 0 Å². The Morgan fingerprint density at radius 1 is 1.05 bits per heavy atom. The topological polar surface area (TPSA) is 67.9 Å². The normalized spacial score (nSPS) is 21.4. The van der Waals surface area contributed by atoms with E-state index in [2.05, 4.69) is 5.32 Å². The number of carbonyl (C=O) groups excluding carboxylic acids is 2. The lowest BCUT2D eigenvalue weighted by atomic mass is 9.62. The highest BCUT2D eigenvalue weighted by Gasteiger charge is 2.64. The molecule has 1 spiro atoms. The molecule has 37 heavy (non-hydrogen) atoms. The van der Waals surface area contributed by atoms with Gasteiger partial charge in [-0.3, -0.25) is 9.59 Å². The Kier molecular flexibility index (Phi) is 7.45. The number of nitrogens with zero attached hydrogens (tertiary/aromatic N) is 1. The summed E-state index contributed by atoms with van der Waals surface area (Å²) >= 11 is 0. The van der Waals surface area contributed by atoms with E-state index in [1.807, 2.05) is 0 Å². The highest BCUT2D eigenvalue weighted by Crippen LogP contribution is 2.52. The second-order valence-electron chi connectivity index (χ2n) is 9.35. The Labute approximate surface area is 210 Å². The summed E-state index contributed by atoms with van der Waals surface area (Å²) in [7, 11) is 0.852. The molecular formula is C26H27F5N2O4. The van der Waals surface area contributed by atoms with E-state index >= 15 is 0 Å². The fourth-order valence-corrected chi connectivity index (χ4v) is 5.65. The van der Waals surface area contributed by atoms with Gasteiger partial charge < -0.3 is 19.7 Å². The van der Waals surface area contributed by atoms with Crippen LogP contribution in [-0.4, -0.2) is 56.2 Å². The van der Waals surface area contributed by atoms with Crippen LogP contribution in [0.4, 0.5) is 22.0 Å². The Balaban J connectivity index is 1.64. The Bertz CT molecular complexity index is 1120. The van der Waals surface area contributed by atoms with E-state index in [4.69, 9.17) is 9.47 Å². The monoisotopic (exact) mass is 526 g/mol. The highest BCUT2D eigenvalue weighted by molar-refractivity contribution is 5.88. The van der Waals surface area contributed by atoms with Crippen molar-refractivity contribution in [2.24, 2.45) is 5.41 Å². The van der Waals surface area contributed by atoms with Crippen molar-refractivity contribution in [3.05, 3.63) is 65.7 Å². The molecule has 2 aromatic rings. The number of likely N-dealkylation sites (tertiary alicyclic amines) is 1. The van der Waals surface area contributed by atoms with E-state index < -0.39 is 35.6 Å². The number of amides is 2. The van der Waals surface area contributed by atoms with Crippen molar-refractivity contribution < 1.29 is 41.0 Å². The Morgan fingerprint density at radius 2 is 1.68 bits per heavy atom. The molecule has 4 rings (SSSR count). The predicted octanol–water partition coefficient (Wildman–Crippen LogP) is 4.60. The SMILES string of the molecule is CO[C@@](C(=O)N1CCC2(CC1)CC(=O)NC[C@@H]2c1ccccc1OC(F)F)(c1ccccc1)C(F)(F)F. The Morgan fingerprint density at radius 3 is 2.27 bits per heavy atom. The van der Waals surface area contributed by atoms with Gasteiger partial charge in [-0.05, 0) is 29.9 Å². The van der Waals surface area contributed by atoms with Crippen LogP contribution in [0.15, 0.2) is 54.6 Å². The first kappa shape index (κ1) is 26.8. The number of rotatable bonds is 6. The molecule has 0 aliphatic carbocycles. The maximum absolute atomic E-state index is 14.4. The molecule has 0 unspecified atom stereocenters. The number of alkyl halides is 5. The summed E-state index contributed by atoms with van der Waals surface area (Å²) in [6.45, 7) is -3.01. The summed E-state index contributed by atoms with van der Waals surface area (Å²) in [6.07, 6.45) is -4.58. The number of hydrogen-bond donors (Lipinski definition) is 1. The number of para-hydroxylation sites is 1. The van der Waals surface area contributed by atoms with Crippen LogP contribution < -0.4 is 10.1 Å². The molecule has 1 N–H and O–H groups in total. The third-order valence-electron chi connectivity index (χ3n) is 7.50. The molecule has 2 aromatic carbocycles. The van der Waals surface area contributed by atoms with Gasteiger partial charge in [0.2, 0.25) is 5.91 Å². The lowest BCUT2D eigenvalue weighted by molar-refractivity contribution is -0.271. The maximum atomic E-state index is 14.4. The van der Waals surface area contributed by atoms with Crippen molar-refractivity contribution in [1.82, 2.24) is 10.2 Å². The van der Waals surface area contributed by atoms with Gasteiger partial charge in [-0.15, -0.1) is 0 Å². The van der Waals surface area contributed by atoms with Crippen molar-refractivity contribution in [2.45, 2.75) is 43.6 Å². The van der Waals surface area contributed by atoms with E-state index in [0.29, 0.717) is 5.56 Å². The van der Waals surface area contributed by atoms with E-state index in [0.717, 1.165) is 12.0 Å². The predicted molar refractivity (Wildman–Crippen MR) is 123 cm³/mol. The number of hydrogen-bond acceptors (Lipinski definition) is 4. The van der Waals surface area contributed by atoms with Crippen LogP contribution in [0.2, 0.25) is 0 Å². The van der Waals surface area contributed by atoms with Crippen LogP contribution in [0.1, 0.15) is 36.3 Å². The van der Waals surface area contributed by atoms with Gasteiger partial charge in [-0.25, -0.2) is 0 Å². The zero-order chi connectivity index (χ0) is 26.8. The lowest BCUT2D eigenvalue weighted by Crippen LogP contribution is -2.60. The van der Waals surface area contributed by atoms with Gasteiger partial charge in [0.05, 0.1) is 0 Å². The van der Waals surface area contributed by atoms with E-state index in [1.165, 1.54) is 30.3 Å². The summed E-state index contributed by atoms with van der Waals surface area (Å²) in [5.41, 5.74) is -3.78. The van der Waals surface area contributed by atoms with Crippen LogP contribution >= 0.6 is 0 Å².